The fourth-order valence-electron chi connectivity index (χ4n) is 1.88. The number of hydrogen-bond donors (Lipinski definition) is 2. The SMILES string of the molecule is CS(=O)(=O)c1ccc(CNC(=S)NCc2ccccc2)cc1. The summed E-state index contributed by atoms with van der Waals surface area (Å²) in [4.78, 5) is 0.320. The largest absolute Gasteiger partial charge is 0.359 e. The molecule has 6 heteroatoms. The fourth-order valence-corrected chi connectivity index (χ4v) is 2.65. The Bertz CT molecular complexity index is 727. The van der Waals surface area contributed by atoms with Crippen LogP contribution in [0.1, 0.15) is 11.1 Å². The van der Waals surface area contributed by atoms with Crippen molar-refractivity contribution in [2.24, 2.45) is 0 Å². The summed E-state index contributed by atoms with van der Waals surface area (Å²) in [5.74, 6) is 0. The van der Waals surface area contributed by atoms with Gasteiger partial charge in [-0.25, -0.2) is 8.42 Å². The van der Waals surface area contributed by atoms with E-state index in [0.29, 0.717) is 23.1 Å². The standard InChI is InChI=1S/C16H18N2O2S2/c1-22(19,20)15-9-7-14(8-10-15)12-18-16(21)17-11-13-5-3-2-4-6-13/h2-10H,11-12H2,1H3,(H2,17,18,21). The molecule has 0 bridgehead atoms. The zero-order valence-corrected chi connectivity index (χ0v) is 13.9. The molecule has 0 spiro atoms. The molecule has 0 unspecified atom stereocenters. The number of rotatable bonds is 5. The molecule has 2 aromatic carbocycles. The van der Waals surface area contributed by atoms with E-state index in [2.05, 4.69) is 10.6 Å². The van der Waals surface area contributed by atoms with Gasteiger partial charge >= 0.3 is 0 Å². The van der Waals surface area contributed by atoms with Crippen molar-refractivity contribution in [3.8, 4) is 0 Å². The van der Waals surface area contributed by atoms with E-state index in [9.17, 15) is 8.42 Å². The maximum absolute atomic E-state index is 11.4. The summed E-state index contributed by atoms with van der Waals surface area (Å²) in [5.41, 5.74) is 2.13. The summed E-state index contributed by atoms with van der Waals surface area (Å²) in [7, 11) is -3.15. The van der Waals surface area contributed by atoms with Crippen LogP contribution in [0.3, 0.4) is 0 Å². The molecule has 2 aromatic rings. The molecule has 0 radical (unpaired) electrons. The third kappa shape index (κ3) is 5.13. The van der Waals surface area contributed by atoms with Crippen molar-refractivity contribution in [1.29, 1.82) is 0 Å². The van der Waals surface area contributed by atoms with Gasteiger partial charge in [0.2, 0.25) is 0 Å². The maximum Gasteiger partial charge on any atom is 0.175 e. The fraction of sp³-hybridized carbons (Fsp3) is 0.188. The van der Waals surface area contributed by atoms with E-state index in [0.717, 1.165) is 11.1 Å². The highest BCUT2D eigenvalue weighted by atomic mass is 32.2. The van der Waals surface area contributed by atoms with Gasteiger partial charge in [-0.3, -0.25) is 0 Å². The minimum atomic E-state index is -3.15. The van der Waals surface area contributed by atoms with Crippen LogP contribution in [0.25, 0.3) is 0 Å². The van der Waals surface area contributed by atoms with E-state index in [4.69, 9.17) is 12.2 Å². The Hall–Kier alpha value is -1.92. The van der Waals surface area contributed by atoms with Crippen LogP contribution in [0.5, 0.6) is 0 Å². The van der Waals surface area contributed by atoms with Gasteiger partial charge in [0.15, 0.2) is 14.9 Å². The number of benzene rings is 2. The molecule has 22 heavy (non-hydrogen) atoms. The average molecular weight is 334 g/mol. The molecule has 0 aliphatic carbocycles. The van der Waals surface area contributed by atoms with Gasteiger partial charge in [0, 0.05) is 19.3 Å². The summed E-state index contributed by atoms with van der Waals surface area (Å²) in [6, 6.07) is 16.8. The Morgan fingerprint density at radius 3 is 1.91 bits per heavy atom. The topological polar surface area (TPSA) is 58.2 Å². The Kier molecular flexibility index (Phi) is 5.51. The van der Waals surface area contributed by atoms with Crippen molar-refractivity contribution in [2.45, 2.75) is 18.0 Å². The third-order valence-corrected chi connectivity index (χ3v) is 4.52. The normalized spacial score (nSPS) is 11.0. The molecule has 116 valence electrons. The molecule has 0 fully saturated rings. The molecule has 2 N–H and O–H groups in total. The van der Waals surface area contributed by atoms with E-state index >= 15 is 0 Å². The first-order chi connectivity index (χ1) is 10.4. The number of thiocarbonyl (C=S) groups is 1. The molecular formula is C16H18N2O2S2. The van der Waals surface area contributed by atoms with Gasteiger partial charge in [-0.2, -0.15) is 0 Å². The smallest absolute Gasteiger partial charge is 0.175 e. The number of hydrogen-bond acceptors (Lipinski definition) is 3. The average Bonchev–Trinajstić information content (AvgIpc) is 2.51. The van der Waals surface area contributed by atoms with E-state index in [1.807, 2.05) is 30.3 Å². The number of nitrogens with one attached hydrogen (secondary N) is 2. The second kappa shape index (κ2) is 7.38. The number of sulfone groups is 1. The first kappa shape index (κ1) is 16.5. The highest BCUT2D eigenvalue weighted by Gasteiger charge is 2.06. The molecule has 0 aliphatic heterocycles. The molecule has 0 saturated carbocycles. The summed E-state index contributed by atoms with van der Waals surface area (Å²) >= 11 is 5.22. The van der Waals surface area contributed by atoms with Gasteiger partial charge < -0.3 is 10.6 Å². The van der Waals surface area contributed by atoms with Gasteiger partial charge in [0.05, 0.1) is 4.90 Å². The minimum Gasteiger partial charge on any atom is -0.359 e. The van der Waals surface area contributed by atoms with Crippen LogP contribution in [0.4, 0.5) is 0 Å². The molecule has 0 atom stereocenters. The minimum absolute atomic E-state index is 0.320. The quantitative estimate of drug-likeness (QED) is 0.822. The van der Waals surface area contributed by atoms with E-state index in [1.165, 1.54) is 6.26 Å². The Morgan fingerprint density at radius 1 is 0.909 bits per heavy atom. The summed E-state index contributed by atoms with van der Waals surface area (Å²) in [6.45, 7) is 1.21. The molecule has 0 amide bonds. The molecular weight excluding hydrogens is 316 g/mol. The van der Waals surface area contributed by atoms with Crippen LogP contribution in [0.15, 0.2) is 59.5 Å². The van der Waals surface area contributed by atoms with Gasteiger partial charge in [-0.05, 0) is 35.5 Å². The molecule has 0 aliphatic rings. The van der Waals surface area contributed by atoms with Crippen LogP contribution in [0.2, 0.25) is 0 Å². The van der Waals surface area contributed by atoms with Crippen molar-refractivity contribution >= 4 is 27.2 Å². The van der Waals surface area contributed by atoms with Crippen LogP contribution < -0.4 is 10.6 Å². The lowest BCUT2D eigenvalue weighted by Crippen LogP contribution is -2.34. The van der Waals surface area contributed by atoms with Gasteiger partial charge in [-0.15, -0.1) is 0 Å². The van der Waals surface area contributed by atoms with Gasteiger partial charge in [0.1, 0.15) is 0 Å². The molecule has 0 heterocycles. The highest BCUT2D eigenvalue weighted by Crippen LogP contribution is 2.10. The zero-order chi connectivity index (χ0) is 16.0. The monoisotopic (exact) mass is 334 g/mol. The second-order valence-corrected chi connectivity index (χ2v) is 7.36. The van der Waals surface area contributed by atoms with Crippen molar-refractivity contribution < 1.29 is 8.42 Å². The zero-order valence-electron chi connectivity index (χ0n) is 12.2. The summed E-state index contributed by atoms with van der Waals surface area (Å²) < 4.78 is 22.8. The maximum atomic E-state index is 11.4. The summed E-state index contributed by atoms with van der Waals surface area (Å²) in [6.07, 6.45) is 1.20. The van der Waals surface area contributed by atoms with Gasteiger partial charge in [0.25, 0.3) is 0 Å². The van der Waals surface area contributed by atoms with Crippen molar-refractivity contribution in [2.75, 3.05) is 6.26 Å². The molecule has 0 saturated heterocycles. The Labute approximate surface area is 136 Å². The molecule has 0 aromatic heterocycles. The van der Waals surface area contributed by atoms with Crippen LogP contribution in [-0.4, -0.2) is 19.8 Å². The first-order valence-electron chi connectivity index (χ1n) is 6.80. The Morgan fingerprint density at radius 2 is 1.41 bits per heavy atom. The first-order valence-corrected chi connectivity index (χ1v) is 9.10. The predicted octanol–water partition coefficient (Wildman–Crippen LogP) is 2.25. The molecule has 2 rings (SSSR count). The van der Waals surface area contributed by atoms with Crippen LogP contribution >= 0.6 is 12.2 Å². The van der Waals surface area contributed by atoms with E-state index in [-0.39, 0.29) is 0 Å². The third-order valence-electron chi connectivity index (χ3n) is 3.10. The molecule has 4 nitrogen and oxygen atoms in total. The van der Waals surface area contributed by atoms with Crippen molar-refractivity contribution in [1.82, 2.24) is 10.6 Å². The van der Waals surface area contributed by atoms with Crippen LogP contribution in [-0.2, 0) is 22.9 Å². The van der Waals surface area contributed by atoms with Gasteiger partial charge in [-0.1, -0.05) is 42.5 Å². The van der Waals surface area contributed by atoms with E-state index < -0.39 is 9.84 Å². The Balaban J connectivity index is 1.81. The predicted molar refractivity (Wildman–Crippen MR) is 92.3 cm³/mol. The highest BCUT2D eigenvalue weighted by molar-refractivity contribution is 7.90. The second-order valence-electron chi connectivity index (χ2n) is 4.94. The van der Waals surface area contributed by atoms with Crippen molar-refractivity contribution in [3.05, 3.63) is 65.7 Å². The van der Waals surface area contributed by atoms with Crippen molar-refractivity contribution in [3.63, 3.8) is 0 Å². The lowest BCUT2D eigenvalue weighted by atomic mass is 10.2. The van der Waals surface area contributed by atoms with Crippen LogP contribution in [0, 0.1) is 0 Å². The lowest BCUT2D eigenvalue weighted by molar-refractivity contribution is 0.602. The lowest BCUT2D eigenvalue weighted by Gasteiger charge is -2.11. The summed E-state index contributed by atoms with van der Waals surface area (Å²) in [5, 5.41) is 6.79. The van der Waals surface area contributed by atoms with E-state index in [1.54, 1.807) is 24.3 Å².